The van der Waals surface area contributed by atoms with Gasteiger partial charge in [-0.2, -0.15) is 0 Å². The van der Waals surface area contributed by atoms with E-state index in [1.54, 1.807) is 11.8 Å². The van der Waals surface area contributed by atoms with Gasteiger partial charge in [0.1, 0.15) is 0 Å². The van der Waals surface area contributed by atoms with Crippen LogP contribution in [-0.4, -0.2) is 29.6 Å². The van der Waals surface area contributed by atoms with Gasteiger partial charge in [0.15, 0.2) is 0 Å². The molecule has 0 aliphatic carbocycles. The third kappa shape index (κ3) is 3.03. The van der Waals surface area contributed by atoms with Gasteiger partial charge in [-0.1, -0.05) is 19.1 Å². The molecule has 0 unspecified atom stereocenters. The quantitative estimate of drug-likeness (QED) is 0.765. The van der Waals surface area contributed by atoms with Crippen molar-refractivity contribution >= 4 is 17.7 Å². The van der Waals surface area contributed by atoms with Crippen molar-refractivity contribution in [3.05, 3.63) is 29.8 Å². The standard InChI is InChI=1S/C14H19NOS/c1-2-17-13-9-5-4-8-12(13)14(16)15-10-6-3-7-11-15/h4-5,8-9H,2-3,6-7,10-11H2,1H3. The van der Waals surface area contributed by atoms with Gasteiger partial charge in [-0.25, -0.2) is 0 Å². The molecule has 0 bridgehead atoms. The highest BCUT2D eigenvalue weighted by Crippen LogP contribution is 2.24. The molecule has 0 spiro atoms. The van der Waals surface area contributed by atoms with E-state index >= 15 is 0 Å². The summed E-state index contributed by atoms with van der Waals surface area (Å²) in [5.41, 5.74) is 0.876. The van der Waals surface area contributed by atoms with Crippen LogP contribution in [0.25, 0.3) is 0 Å². The van der Waals surface area contributed by atoms with Crippen LogP contribution in [0.4, 0.5) is 0 Å². The molecule has 1 aliphatic heterocycles. The highest BCUT2D eigenvalue weighted by Gasteiger charge is 2.20. The van der Waals surface area contributed by atoms with Gasteiger partial charge in [0.25, 0.3) is 5.91 Å². The van der Waals surface area contributed by atoms with E-state index < -0.39 is 0 Å². The van der Waals surface area contributed by atoms with Crippen molar-refractivity contribution < 1.29 is 4.79 Å². The average molecular weight is 249 g/mol. The van der Waals surface area contributed by atoms with Gasteiger partial charge in [-0.05, 0) is 37.1 Å². The predicted octanol–water partition coefficient (Wildman–Crippen LogP) is 3.42. The van der Waals surface area contributed by atoms with Crippen molar-refractivity contribution in [3.63, 3.8) is 0 Å². The van der Waals surface area contributed by atoms with Crippen LogP contribution in [-0.2, 0) is 0 Å². The lowest BCUT2D eigenvalue weighted by atomic mass is 10.1. The minimum absolute atomic E-state index is 0.209. The van der Waals surface area contributed by atoms with E-state index in [-0.39, 0.29) is 5.91 Å². The molecule has 1 aromatic rings. The first kappa shape index (κ1) is 12.5. The lowest BCUT2D eigenvalue weighted by Gasteiger charge is -2.27. The highest BCUT2D eigenvalue weighted by atomic mass is 32.2. The Labute approximate surface area is 107 Å². The van der Waals surface area contributed by atoms with Crippen molar-refractivity contribution in [1.29, 1.82) is 0 Å². The Morgan fingerprint density at radius 1 is 1.24 bits per heavy atom. The van der Waals surface area contributed by atoms with Gasteiger partial charge >= 0.3 is 0 Å². The fourth-order valence-electron chi connectivity index (χ4n) is 2.19. The van der Waals surface area contributed by atoms with Gasteiger partial charge < -0.3 is 4.90 Å². The lowest BCUT2D eigenvalue weighted by Crippen LogP contribution is -2.35. The van der Waals surface area contributed by atoms with Crippen molar-refractivity contribution in [2.45, 2.75) is 31.1 Å². The first-order valence-corrected chi connectivity index (χ1v) is 7.32. The second kappa shape index (κ2) is 6.10. The average Bonchev–Trinajstić information content (AvgIpc) is 2.40. The van der Waals surface area contributed by atoms with Crippen LogP contribution in [0.5, 0.6) is 0 Å². The number of amides is 1. The highest BCUT2D eigenvalue weighted by molar-refractivity contribution is 7.99. The fraction of sp³-hybridized carbons (Fsp3) is 0.500. The van der Waals surface area contributed by atoms with Crippen LogP contribution < -0.4 is 0 Å². The molecule has 0 aromatic heterocycles. The molecule has 0 saturated carbocycles. The normalized spacial score (nSPS) is 15.9. The predicted molar refractivity (Wildman–Crippen MR) is 72.6 cm³/mol. The molecule has 1 aromatic carbocycles. The second-order valence-corrected chi connectivity index (χ2v) is 5.59. The van der Waals surface area contributed by atoms with Gasteiger partial charge in [-0.15, -0.1) is 11.8 Å². The Bertz CT molecular complexity index is 386. The Kier molecular flexibility index (Phi) is 4.49. The van der Waals surface area contributed by atoms with Crippen molar-refractivity contribution in [3.8, 4) is 0 Å². The summed E-state index contributed by atoms with van der Waals surface area (Å²) in [6.07, 6.45) is 3.55. The van der Waals surface area contributed by atoms with Gasteiger partial charge in [0.2, 0.25) is 0 Å². The van der Waals surface area contributed by atoms with Crippen molar-refractivity contribution in [2.24, 2.45) is 0 Å². The van der Waals surface area contributed by atoms with Gasteiger partial charge in [-0.3, -0.25) is 4.79 Å². The number of benzene rings is 1. The molecule has 1 heterocycles. The van der Waals surface area contributed by atoms with E-state index in [1.165, 1.54) is 6.42 Å². The zero-order valence-corrected chi connectivity index (χ0v) is 11.1. The van der Waals surface area contributed by atoms with Crippen LogP contribution in [0.15, 0.2) is 29.2 Å². The maximum atomic E-state index is 12.4. The number of thioether (sulfide) groups is 1. The molecule has 1 amide bonds. The van der Waals surface area contributed by atoms with Crippen molar-refractivity contribution in [1.82, 2.24) is 4.90 Å². The first-order valence-electron chi connectivity index (χ1n) is 6.34. The van der Waals surface area contributed by atoms with E-state index in [4.69, 9.17) is 0 Å². The summed E-state index contributed by atoms with van der Waals surface area (Å²) < 4.78 is 0. The number of hydrogen-bond donors (Lipinski definition) is 0. The van der Waals surface area contributed by atoms with Crippen LogP contribution in [0.2, 0.25) is 0 Å². The SMILES string of the molecule is CCSc1ccccc1C(=O)N1CCCCC1. The van der Waals surface area contributed by atoms with E-state index in [1.807, 2.05) is 29.2 Å². The van der Waals surface area contributed by atoms with E-state index in [0.29, 0.717) is 0 Å². The third-order valence-electron chi connectivity index (χ3n) is 3.06. The minimum Gasteiger partial charge on any atom is -0.339 e. The molecule has 17 heavy (non-hydrogen) atoms. The summed E-state index contributed by atoms with van der Waals surface area (Å²) in [7, 11) is 0. The van der Waals surface area contributed by atoms with Crippen LogP contribution in [0.1, 0.15) is 36.5 Å². The van der Waals surface area contributed by atoms with E-state index in [9.17, 15) is 4.79 Å². The number of rotatable bonds is 3. The Morgan fingerprint density at radius 3 is 2.65 bits per heavy atom. The number of hydrogen-bond acceptors (Lipinski definition) is 2. The largest absolute Gasteiger partial charge is 0.339 e. The molecule has 2 rings (SSSR count). The third-order valence-corrected chi connectivity index (χ3v) is 4.02. The first-order chi connectivity index (χ1) is 8.33. The molecule has 0 atom stereocenters. The van der Waals surface area contributed by atoms with Gasteiger partial charge in [0.05, 0.1) is 5.56 Å². The van der Waals surface area contributed by atoms with Crippen LogP contribution >= 0.6 is 11.8 Å². The Morgan fingerprint density at radius 2 is 1.94 bits per heavy atom. The zero-order valence-electron chi connectivity index (χ0n) is 10.3. The second-order valence-electron chi connectivity index (χ2n) is 4.28. The van der Waals surface area contributed by atoms with Gasteiger partial charge in [0, 0.05) is 18.0 Å². The molecule has 2 nitrogen and oxygen atoms in total. The van der Waals surface area contributed by atoms with Crippen LogP contribution in [0, 0.1) is 0 Å². The van der Waals surface area contributed by atoms with Crippen LogP contribution in [0.3, 0.4) is 0 Å². The number of carbonyl (C=O) groups is 1. The lowest BCUT2D eigenvalue weighted by molar-refractivity contribution is 0.0721. The fourth-order valence-corrected chi connectivity index (χ4v) is 2.99. The molecular weight excluding hydrogens is 230 g/mol. The maximum absolute atomic E-state index is 12.4. The molecule has 1 saturated heterocycles. The molecule has 1 aliphatic rings. The zero-order chi connectivity index (χ0) is 12.1. The van der Waals surface area contributed by atoms with E-state index in [2.05, 4.69) is 6.92 Å². The summed E-state index contributed by atoms with van der Waals surface area (Å²) in [5.74, 6) is 1.21. The van der Waals surface area contributed by atoms with Crippen molar-refractivity contribution in [2.75, 3.05) is 18.8 Å². The molecule has 92 valence electrons. The molecule has 0 N–H and O–H groups in total. The summed E-state index contributed by atoms with van der Waals surface area (Å²) in [5, 5.41) is 0. The topological polar surface area (TPSA) is 20.3 Å². The monoisotopic (exact) mass is 249 g/mol. The number of nitrogens with zero attached hydrogens (tertiary/aromatic N) is 1. The molecular formula is C14H19NOS. The molecule has 1 fully saturated rings. The smallest absolute Gasteiger partial charge is 0.254 e. The molecule has 3 heteroatoms. The summed E-state index contributed by atoms with van der Waals surface area (Å²) in [4.78, 5) is 15.5. The number of piperidine rings is 1. The number of carbonyl (C=O) groups excluding carboxylic acids is 1. The summed E-state index contributed by atoms with van der Waals surface area (Å²) in [6, 6.07) is 7.96. The Balaban J connectivity index is 2.17. The maximum Gasteiger partial charge on any atom is 0.254 e. The van der Waals surface area contributed by atoms with E-state index in [0.717, 1.165) is 42.1 Å². The summed E-state index contributed by atoms with van der Waals surface area (Å²) >= 11 is 1.75. The minimum atomic E-state index is 0.209. The Hall–Kier alpha value is -0.960. The molecule has 0 radical (unpaired) electrons. The number of likely N-dealkylation sites (tertiary alicyclic amines) is 1. The summed E-state index contributed by atoms with van der Waals surface area (Å²) in [6.45, 7) is 3.96.